The van der Waals surface area contributed by atoms with E-state index in [1.165, 1.54) is 31.2 Å². The molecule has 1 aliphatic rings. The van der Waals surface area contributed by atoms with Gasteiger partial charge in [0, 0.05) is 17.0 Å². The van der Waals surface area contributed by atoms with Gasteiger partial charge in [-0.25, -0.2) is 0 Å². The molecule has 0 saturated heterocycles. The van der Waals surface area contributed by atoms with E-state index in [0.29, 0.717) is 6.10 Å². The third-order valence-corrected chi connectivity index (χ3v) is 4.44. The lowest BCUT2D eigenvalue weighted by molar-refractivity contribution is 0.128. The molecule has 1 aromatic rings. The minimum Gasteiger partial charge on any atom is -0.493 e. The lowest BCUT2D eigenvalue weighted by Gasteiger charge is -2.28. The Hall–Kier alpha value is -0.700. The average Bonchev–Trinajstić information content (AvgIpc) is 2.45. The number of benzene rings is 1. The molecule has 3 heteroatoms. The predicted molar refractivity (Wildman–Crippen MR) is 86.9 cm³/mol. The fourth-order valence-electron chi connectivity index (χ4n) is 2.73. The molecule has 2 atom stereocenters. The SMILES string of the molecule is CCCOc1ccc(CBr)c(OC2CCCC(C)C2)c1. The van der Waals surface area contributed by atoms with Crippen molar-refractivity contribution in [1.29, 1.82) is 0 Å². The van der Waals surface area contributed by atoms with Crippen LogP contribution in [0.2, 0.25) is 0 Å². The minimum atomic E-state index is 0.359. The number of hydrogen-bond donors (Lipinski definition) is 0. The van der Waals surface area contributed by atoms with Crippen LogP contribution in [0.15, 0.2) is 18.2 Å². The van der Waals surface area contributed by atoms with Gasteiger partial charge in [0.15, 0.2) is 0 Å². The lowest BCUT2D eigenvalue weighted by atomic mass is 9.88. The van der Waals surface area contributed by atoms with Gasteiger partial charge in [-0.05, 0) is 37.7 Å². The van der Waals surface area contributed by atoms with Crippen LogP contribution in [0.25, 0.3) is 0 Å². The smallest absolute Gasteiger partial charge is 0.127 e. The Kier molecular flexibility index (Phi) is 6.21. The molecule has 1 aromatic carbocycles. The second kappa shape index (κ2) is 7.92. The van der Waals surface area contributed by atoms with Gasteiger partial charge in [-0.3, -0.25) is 0 Å². The van der Waals surface area contributed by atoms with Gasteiger partial charge in [0.05, 0.1) is 12.7 Å². The molecule has 0 radical (unpaired) electrons. The molecular formula is C17H25BrO2. The first kappa shape index (κ1) is 15.7. The molecular weight excluding hydrogens is 316 g/mol. The summed E-state index contributed by atoms with van der Waals surface area (Å²) in [6, 6.07) is 6.18. The summed E-state index contributed by atoms with van der Waals surface area (Å²) in [6.45, 7) is 5.20. The van der Waals surface area contributed by atoms with Crippen molar-refractivity contribution in [3.8, 4) is 11.5 Å². The van der Waals surface area contributed by atoms with Crippen LogP contribution < -0.4 is 9.47 Å². The lowest BCUT2D eigenvalue weighted by Crippen LogP contribution is -2.24. The van der Waals surface area contributed by atoms with Crippen LogP contribution >= 0.6 is 15.9 Å². The topological polar surface area (TPSA) is 18.5 Å². The van der Waals surface area contributed by atoms with E-state index in [1.54, 1.807) is 0 Å². The van der Waals surface area contributed by atoms with Crippen molar-refractivity contribution < 1.29 is 9.47 Å². The van der Waals surface area contributed by atoms with Gasteiger partial charge >= 0.3 is 0 Å². The van der Waals surface area contributed by atoms with Crippen LogP contribution in [0.1, 0.15) is 51.5 Å². The Morgan fingerprint density at radius 2 is 2.15 bits per heavy atom. The first-order chi connectivity index (χ1) is 9.72. The predicted octanol–water partition coefficient (Wildman–Crippen LogP) is 5.33. The Morgan fingerprint density at radius 3 is 2.85 bits per heavy atom. The van der Waals surface area contributed by atoms with Crippen molar-refractivity contribution in [1.82, 2.24) is 0 Å². The Balaban J connectivity index is 2.07. The highest BCUT2D eigenvalue weighted by Crippen LogP contribution is 2.32. The standard InChI is InChI=1S/C17H25BrO2/c1-3-9-19-15-8-7-14(12-18)17(11-15)20-16-6-4-5-13(2)10-16/h7-8,11,13,16H,3-6,9-10,12H2,1-2H3. The fraction of sp³-hybridized carbons (Fsp3) is 0.647. The van der Waals surface area contributed by atoms with Crippen LogP contribution in [0, 0.1) is 5.92 Å². The van der Waals surface area contributed by atoms with Crippen LogP contribution in [0.3, 0.4) is 0 Å². The van der Waals surface area contributed by atoms with Gasteiger partial charge < -0.3 is 9.47 Å². The number of rotatable bonds is 6. The normalized spacial score (nSPS) is 22.6. The van der Waals surface area contributed by atoms with E-state index in [9.17, 15) is 0 Å². The van der Waals surface area contributed by atoms with Crippen molar-refractivity contribution in [2.45, 2.75) is 57.4 Å². The van der Waals surface area contributed by atoms with E-state index in [2.05, 4.69) is 35.8 Å². The number of ether oxygens (including phenoxy) is 2. The molecule has 1 fully saturated rings. The Labute approximate surface area is 131 Å². The Morgan fingerprint density at radius 1 is 1.30 bits per heavy atom. The van der Waals surface area contributed by atoms with Crippen molar-refractivity contribution >= 4 is 15.9 Å². The zero-order valence-corrected chi connectivity index (χ0v) is 14.1. The largest absolute Gasteiger partial charge is 0.493 e. The van der Waals surface area contributed by atoms with Crippen LogP contribution in [-0.4, -0.2) is 12.7 Å². The minimum absolute atomic E-state index is 0.359. The maximum atomic E-state index is 6.26. The van der Waals surface area contributed by atoms with E-state index >= 15 is 0 Å². The fourth-order valence-corrected chi connectivity index (χ4v) is 3.19. The molecule has 112 valence electrons. The third-order valence-electron chi connectivity index (χ3n) is 3.84. The van der Waals surface area contributed by atoms with Crippen LogP contribution in [0.4, 0.5) is 0 Å². The summed E-state index contributed by atoms with van der Waals surface area (Å²) in [5.41, 5.74) is 1.20. The number of hydrogen-bond acceptors (Lipinski definition) is 2. The second-order valence-electron chi connectivity index (χ2n) is 5.76. The molecule has 1 aliphatic carbocycles. The average molecular weight is 341 g/mol. The highest BCUT2D eigenvalue weighted by molar-refractivity contribution is 9.08. The van der Waals surface area contributed by atoms with Crippen LogP contribution in [0.5, 0.6) is 11.5 Å². The maximum Gasteiger partial charge on any atom is 0.127 e. The van der Waals surface area contributed by atoms with E-state index in [-0.39, 0.29) is 0 Å². The summed E-state index contributed by atoms with van der Waals surface area (Å²) < 4.78 is 12.0. The number of alkyl halides is 1. The summed E-state index contributed by atoms with van der Waals surface area (Å²) in [4.78, 5) is 0. The molecule has 0 spiro atoms. The van der Waals surface area contributed by atoms with E-state index in [4.69, 9.17) is 9.47 Å². The zero-order valence-electron chi connectivity index (χ0n) is 12.5. The molecule has 0 amide bonds. The summed E-state index contributed by atoms with van der Waals surface area (Å²) >= 11 is 3.54. The molecule has 2 nitrogen and oxygen atoms in total. The zero-order chi connectivity index (χ0) is 14.4. The molecule has 1 saturated carbocycles. The van der Waals surface area contributed by atoms with E-state index in [1.807, 2.05) is 12.1 Å². The van der Waals surface area contributed by atoms with Gasteiger partial charge in [-0.1, -0.05) is 42.3 Å². The van der Waals surface area contributed by atoms with E-state index < -0.39 is 0 Å². The van der Waals surface area contributed by atoms with Crippen molar-refractivity contribution in [2.24, 2.45) is 5.92 Å². The monoisotopic (exact) mass is 340 g/mol. The van der Waals surface area contributed by atoms with Crippen molar-refractivity contribution in [2.75, 3.05) is 6.61 Å². The molecule has 0 aliphatic heterocycles. The molecule has 0 aromatic heterocycles. The highest BCUT2D eigenvalue weighted by Gasteiger charge is 2.21. The molecule has 2 rings (SSSR count). The molecule has 0 heterocycles. The third kappa shape index (κ3) is 4.41. The summed E-state index contributed by atoms with van der Waals surface area (Å²) in [5.74, 6) is 2.67. The molecule has 0 N–H and O–H groups in total. The van der Waals surface area contributed by atoms with Crippen molar-refractivity contribution in [3.63, 3.8) is 0 Å². The highest BCUT2D eigenvalue weighted by atomic mass is 79.9. The summed E-state index contributed by atoms with van der Waals surface area (Å²) in [6.07, 6.45) is 6.34. The quantitative estimate of drug-likeness (QED) is 0.651. The van der Waals surface area contributed by atoms with Gasteiger partial charge in [0.2, 0.25) is 0 Å². The summed E-state index contributed by atoms with van der Waals surface area (Å²) in [5, 5.41) is 0.818. The van der Waals surface area contributed by atoms with Gasteiger partial charge in [-0.2, -0.15) is 0 Å². The molecule has 0 bridgehead atoms. The van der Waals surface area contributed by atoms with Crippen molar-refractivity contribution in [3.05, 3.63) is 23.8 Å². The summed E-state index contributed by atoms with van der Waals surface area (Å²) in [7, 11) is 0. The first-order valence-electron chi connectivity index (χ1n) is 7.71. The van der Waals surface area contributed by atoms with Gasteiger partial charge in [0.1, 0.15) is 11.5 Å². The molecule has 20 heavy (non-hydrogen) atoms. The van der Waals surface area contributed by atoms with E-state index in [0.717, 1.165) is 35.8 Å². The van der Waals surface area contributed by atoms with Crippen LogP contribution in [-0.2, 0) is 5.33 Å². The maximum absolute atomic E-state index is 6.26. The molecule has 2 unspecified atom stereocenters. The Bertz CT molecular complexity index is 419. The first-order valence-corrected chi connectivity index (χ1v) is 8.83. The van der Waals surface area contributed by atoms with Gasteiger partial charge in [-0.15, -0.1) is 0 Å². The second-order valence-corrected chi connectivity index (χ2v) is 6.32. The number of halogens is 1. The van der Waals surface area contributed by atoms with Gasteiger partial charge in [0.25, 0.3) is 0 Å².